The molecule has 1 atom stereocenters. The lowest BCUT2D eigenvalue weighted by molar-refractivity contribution is -0.119. The maximum atomic E-state index is 15.2. The van der Waals surface area contributed by atoms with Crippen molar-refractivity contribution in [1.82, 2.24) is 15.3 Å². The fraction of sp³-hybridized carbons (Fsp3) is 0.286. The summed E-state index contributed by atoms with van der Waals surface area (Å²) in [7, 11) is 0. The molecule has 27 heavy (non-hydrogen) atoms. The third-order valence-electron chi connectivity index (χ3n) is 3.67. The molecule has 0 saturated carbocycles. The van der Waals surface area contributed by atoms with Gasteiger partial charge in [-0.25, -0.2) is 9.37 Å². The highest BCUT2D eigenvalue weighted by molar-refractivity contribution is 5.74. The van der Waals surface area contributed by atoms with Crippen LogP contribution in [0.4, 0.5) is 10.2 Å². The normalized spacial score (nSPS) is 12.8. The van der Waals surface area contributed by atoms with Crippen LogP contribution in [0.2, 0.25) is 0 Å². The number of aryl methyl sites for hydroxylation is 1. The molecule has 0 fully saturated rings. The van der Waals surface area contributed by atoms with E-state index in [-0.39, 0.29) is 23.5 Å². The molecule has 0 saturated heterocycles. The fourth-order valence-electron chi connectivity index (χ4n) is 2.58. The lowest BCUT2D eigenvalue weighted by atomic mass is 10.1. The molecule has 5 nitrogen and oxygen atoms in total. The van der Waals surface area contributed by atoms with Gasteiger partial charge in [-0.15, -0.1) is 6.58 Å². The number of rotatable bonds is 3. The van der Waals surface area contributed by atoms with E-state index in [0.717, 1.165) is 5.56 Å². The lowest BCUT2D eigenvalue weighted by Crippen LogP contribution is -2.37. The second kappa shape index (κ2) is 10.2. The fourth-order valence-corrected chi connectivity index (χ4v) is 2.58. The molecule has 0 bridgehead atoms. The van der Waals surface area contributed by atoms with Crippen molar-refractivity contribution >= 4 is 23.9 Å². The SMILES string of the molecule is C/C=c1/c(N)nc(-c2cnccc2C)c(F)/c1=C/C(C)NC(C)=O.C=CC. The summed E-state index contributed by atoms with van der Waals surface area (Å²) in [6, 6.07) is 1.44. The minimum atomic E-state index is -0.481. The first-order chi connectivity index (χ1) is 12.8. The van der Waals surface area contributed by atoms with Crippen molar-refractivity contribution in [2.24, 2.45) is 0 Å². The zero-order chi connectivity index (χ0) is 20.6. The number of nitrogens with two attached hydrogens (primary N) is 1. The van der Waals surface area contributed by atoms with Gasteiger partial charge in [-0.05, 0) is 39.3 Å². The smallest absolute Gasteiger partial charge is 0.217 e. The first kappa shape index (κ1) is 22.0. The van der Waals surface area contributed by atoms with Gasteiger partial charge in [0.1, 0.15) is 11.5 Å². The predicted molar refractivity (Wildman–Crippen MR) is 110 cm³/mol. The summed E-state index contributed by atoms with van der Waals surface area (Å²) in [6.45, 7) is 12.1. The van der Waals surface area contributed by atoms with E-state index in [1.54, 1.807) is 50.5 Å². The van der Waals surface area contributed by atoms with Crippen LogP contribution in [0.5, 0.6) is 0 Å². The Balaban J connectivity index is 0.00000114. The number of allylic oxidation sites excluding steroid dienone is 1. The summed E-state index contributed by atoms with van der Waals surface area (Å²) in [5, 5.41) is 3.54. The standard InChI is InChI=1S/C18H21FN4O.C3H6/c1-5-13-14(8-11(3)22-12(4)24)16(19)17(23-18(13)20)15-9-21-7-6-10(15)2;1-3-2/h5-9,11H,1-4H3,(H2,20,23)(H,22,24);3H,1H2,2H3/b13-5+,14-8+;. The third kappa shape index (κ3) is 5.74. The highest BCUT2D eigenvalue weighted by Crippen LogP contribution is 2.21. The Morgan fingerprint density at radius 3 is 2.52 bits per heavy atom. The summed E-state index contributed by atoms with van der Waals surface area (Å²) in [6.07, 6.45) is 8.30. The second-order valence-corrected chi connectivity index (χ2v) is 6.03. The van der Waals surface area contributed by atoms with Crippen molar-refractivity contribution in [2.45, 2.75) is 40.7 Å². The highest BCUT2D eigenvalue weighted by Gasteiger charge is 2.14. The first-order valence-corrected chi connectivity index (χ1v) is 8.65. The molecular weight excluding hydrogens is 343 g/mol. The topological polar surface area (TPSA) is 80.9 Å². The molecule has 1 unspecified atom stereocenters. The van der Waals surface area contributed by atoms with Gasteiger partial charge in [0.2, 0.25) is 5.91 Å². The Morgan fingerprint density at radius 1 is 1.37 bits per heavy atom. The van der Waals surface area contributed by atoms with Gasteiger partial charge in [-0.1, -0.05) is 18.2 Å². The van der Waals surface area contributed by atoms with Crippen LogP contribution < -0.4 is 21.5 Å². The number of amides is 1. The predicted octanol–water partition coefficient (Wildman–Crippen LogP) is 2.47. The van der Waals surface area contributed by atoms with Crippen molar-refractivity contribution in [3.05, 3.63) is 52.9 Å². The molecule has 0 spiro atoms. The zero-order valence-electron chi connectivity index (χ0n) is 16.5. The Labute approximate surface area is 159 Å². The monoisotopic (exact) mass is 370 g/mol. The second-order valence-electron chi connectivity index (χ2n) is 6.03. The first-order valence-electron chi connectivity index (χ1n) is 8.65. The number of nitrogens with zero attached hydrogens (tertiary/aromatic N) is 2. The van der Waals surface area contributed by atoms with E-state index in [9.17, 15) is 4.79 Å². The molecule has 2 heterocycles. The largest absolute Gasteiger partial charge is 0.383 e. The summed E-state index contributed by atoms with van der Waals surface area (Å²) in [5.41, 5.74) is 7.63. The number of hydrogen-bond donors (Lipinski definition) is 2. The number of carbonyl (C=O) groups excluding carboxylic acids is 1. The number of aromatic nitrogens is 2. The number of carbonyl (C=O) groups is 1. The van der Waals surface area contributed by atoms with Gasteiger partial charge in [0.05, 0.1) is 0 Å². The Bertz CT molecular complexity index is 938. The molecule has 2 rings (SSSR count). The van der Waals surface area contributed by atoms with Crippen molar-refractivity contribution in [2.75, 3.05) is 5.73 Å². The molecule has 0 aliphatic rings. The van der Waals surface area contributed by atoms with Gasteiger partial charge >= 0.3 is 0 Å². The van der Waals surface area contributed by atoms with Crippen LogP contribution in [0.1, 0.15) is 33.3 Å². The van der Waals surface area contributed by atoms with Crippen molar-refractivity contribution < 1.29 is 9.18 Å². The van der Waals surface area contributed by atoms with Crippen LogP contribution in [0, 0.1) is 12.7 Å². The van der Waals surface area contributed by atoms with E-state index in [0.29, 0.717) is 16.0 Å². The number of halogens is 1. The average molecular weight is 370 g/mol. The van der Waals surface area contributed by atoms with E-state index in [4.69, 9.17) is 5.73 Å². The molecule has 1 amide bonds. The summed E-state index contributed by atoms with van der Waals surface area (Å²) in [5.74, 6) is -0.435. The highest BCUT2D eigenvalue weighted by atomic mass is 19.1. The van der Waals surface area contributed by atoms with E-state index in [1.165, 1.54) is 6.92 Å². The molecule has 6 heteroatoms. The molecule has 0 aliphatic carbocycles. The van der Waals surface area contributed by atoms with Crippen LogP contribution in [-0.4, -0.2) is 21.9 Å². The van der Waals surface area contributed by atoms with Gasteiger partial charge < -0.3 is 11.1 Å². The van der Waals surface area contributed by atoms with E-state index in [2.05, 4.69) is 21.9 Å². The van der Waals surface area contributed by atoms with Gasteiger partial charge in [0.25, 0.3) is 0 Å². The van der Waals surface area contributed by atoms with E-state index < -0.39 is 5.82 Å². The van der Waals surface area contributed by atoms with Gasteiger partial charge in [-0.3, -0.25) is 9.78 Å². The summed E-state index contributed by atoms with van der Waals surface area (Å²) < 4.78 is 15.2. The molecule has 0 radical (unpaired) electrons. The van der Waals surface area contributed by atoms with Crippen LogP contribution in [0.3, 0.4) is 0 Å². The van der Waals surface area contributed by atoms with Gasteiger partial charge in [0, 0.05) is 41.4 Å². The quantitative estimate of drug-likeness (QED) is 0.814. The van der Waals surface area contributed by atoms with E-state index in [1.807, 2.05) is 13.8 Å². The number of nitrogen functional groups attached to an aromatic ring is 1. The minimum absolute atomic E-state index is 0.157. The molecule has 0 aromatic carbocycles. The summed E-state index contributed by atoms with van der Waals surface area (Å²) >= 11 is 0. The number of anilines is 1. The van der Waals surface area contributed by atoms with Crippen molar-refractivity contribution in [3.63, 3.8) is 0 Å². The molecular formula is C21H27FN4O. The Morgan fingerprint density at radius 2 is 2.00 bits per heavy atom. The van der Waals surface area contributed by atoms with Crippen molar-refractivity contribution in [1.29, 1.82) is 0 Å². The molecule has 0 aliphatic heterocycles. The average Bonchev–Trinajstić information content (AvgIpc) is 2.59. The van der Waals surface area contributed by atoms with Crippen molar-refractivity contribution in [3.8, 4) is 11.3 Å². The zero-order valence-corrected chi connectivity index (χ0v) is 16.5. The van der Waals surface area contributed by atoms with Gasteiger partial charge in [0.15, 0.2) is 5.82 Å². The van der Waals surface area contributed by atoms with Crippen LogP contribution in [0.15, 0.2) is 31.1 Å². The Hall–Kier alpha value is -3.02. The van der Waals surface area contributed by atoms with Crippen LogP contribution in [-0.2, 0) is 4.79 Å². The maximum Gasteiger partial charge on any atom is 0.217 e. The lowest BCUT2D eigenvalue weighted by Gasteiger charge is -2.11. The number of pyridine rings is 2. The molecule has 2 aromatic heterocycles. The maximum absolute atomic E-state index is 15.2. The van der Waals surface area contributed by atoms with E-state index >= 15 is 4.39 Å². The molecule has 144 valence electrons. The van der Waals surface area contributed by atoms with Gasteiger partial charge in [-0.2, -0.15) is 0 Å². The Kier molecular flexibility index (Phi) is 8.33. The molecule has 3 N–H and O–H groups in total. The molecule has 2 aromatic rings. The number of nitrogens with one attached hydrogen (secondary N) is 1. The third-order valence-corrected chi connectivity index (χ3v) is 3.67. The van der Waals surface area contributed by atoms with Crippen LogP contribution >= 0.6 is 0 Å². The summed E-state index contributed by atoms with van der Waals surface area (Å²) in [4.78, 5) is 19.5. The van der Waals surface area contributed by atoms with Crippen LogP contribution in [0.25, 0.3) is 23.4 Å². The number of hydrogen-bond acceptors (Lipinski definition) is 4. The minimum Gasteiger partial charge on any atom is -0.383 e.